The number of likely N-dealkylation sites (tertiary alicyclic amines) is 1. The average molecular weight is 411 g/mol. The lowest BCUT2D eigenvalue weighted by molar-refractivity contribution is -0.127. The molecule has 30 heavy (non-hydrogen) atoms. The third kappa shape index (κ3) is 4.52. The van der Waals surface area contributed by atoms with Crippen LogP contribution in [0.3, 0.4) is 0 Å². The molecule has 4 rings (SSSR count). The van der Waals surface area contributed by atoms with E-state index in [9.17, 15) is 9.18 Å². The number of hydroxylamine groups is 1. The van der Waals surface area contributed by atoms with Crippen molar-refractivity contribution in [3.05, 3.63) is 60.0 Å². The fraction of sp³-hybridized carbons (Fsp3) is 0.391. The van der Waals surface area contributed by atoms with Crippen LogP contribution in [0.4, 0.5) is 10.1 Å². The smallest absolute Gasteiger partial charge is 0.265 e. The lowest BCUT2D eigenvalue weighted by Gasteiger charge is -2.32. The molecule has 6 nitrogen and oxygen atoms in total. The summed E-state index contributed by atoms with van der Waals surface area (Å²) in [5, 5.41) is 6.47. The van der Waals surface area contributed by atoms with E-state index >= 15 is 0 Å². The van der Waals surface area contributed by atoms with E-state index in [4.69, 9.17) is 9.36 Å². The van der Waals surface area contributed by atoms with Gasteiger partial charge < -0.3 is 4.52 Å². The molecule has 0 aliphatic carbocycles. The Morgan fingerprint density at radius 3 is 2.73 bits per heavy atom. The lowest BCUT2D eigenvalue weighted by Crippen LogP contribution is -2.43. The number of nitrogens with zero attached hydrogens (tertiary/aromatic N) is 3. The van der Waals surface area contributed by atoms with Crippen LogP contribution < -0.4 is 5.06 Å². The average Bonchev–Trinajstić information content (AvgIpc) is 3.18. The summed E-state index contributed by atoms with van der Waals surface area (Å²) in [5.41, 5.74) is 2.11. The molecule has 0 unspecified atom stereocenters. The van der Waals surface area contributed by atoms with E-state index in [1.165, 1.54) is 17.2 Å². The van der Waals surface area contributed by atoms with Gasteiger partial charge in [-0.15, -0.1) is 0 Å². The van der Waals surface area contributed by atoms with Gasteiger partial charge in [0, 0.05) is 17.4 Å². The Kier molecular flexibility index (Phi) is 6.40. The summed E-state index contributed by atoms with van der Waals surface area (Å²) in [6, 6.07) is 14.0. The maximum absolute atomic E-state index is 13.4. The first-order chi connectivity index (χ1) is 14.7. The number of carbonyl (C=O) groups is 1. The number of hydrogen-bond donors (Lipinski definition) is 0. The predicted molar refractivity (Wildman–Crippen MR) is 113 cm³/mol. The Balaban J connectivity index is 1.38. The van der Waals surface area contributed by atoms with Crippen molar-refractivity contribution in [1.29, 1.82) is 0 Å². The van der Waals surface area contributed by atoms with E-state index in [1.807, 2.05) is 37.3 Å². The summed E-state index contributed by atoms with van der Waals surface area (Å²) in [6.45, 7) is 4.36. The number of para-hydroxylation sites is 1. The number of piperidine rings is 1. The van der Waals surface area contributed by atoms with E-state index < -0.39 is 0 Å². The molecule has 0 radical (unpaired) electrons. The Morgan fingerprint density at radius 1 is 1.23 bits per heavy atom. The van der Waals surface area contributed by atoms with Crippen LogP contribution >= 0.6 is 0 Å². The Hall–Kier alpha value is -2.77. The summed E-state index contributed by atoms with van der Waals surface area (Å²) in [6.07, 6.45) is 2.57. The molecule has 0 N–H and O–H groups in total. The second kappa shape index (κ2) is 9.36. The fourth-order valence-electron chi connectivity index (χ4n) is 3.88. The van der Waals surface area contributed by atoms with E-state index in [0.29, 0.717) is 18.7 Å². The van der Waals surface area contributed by atoms with Gasteiger partial charge in [-0.2, -0.15) is 5.06 Å². The van der Waals surface area contributed by atoms with Crippen molar-refractivity contribution < 1.29 is 18.5 Å². The second-order valence-electron chi connectivity index (χ2n) is 7.62. The maximum atomic E-state index is 13.4. The van der Waals surface area contributed by atoms with Gasteiger partial charge in [0.25, 0.3) is 5.91 Å². The first kappa shape index (κ1) is 20.5. The Bertz CT molecular complexity index is 984. The van der Waals surface area contributed by atoms with Crippen LogP contribution in [0, 0.1) is 5.82 Å². The van der Waals surface area contributed by atoms with Crippen molar-refractivity contribution in [3.63, 3.8) is 0 Å². The number of benzene rings is 2. The highest BCUT2D eigenvalue weighted by Crippen LogP contribution is 2.32. The molecule has 0 atom stereocenters. The zero-order valence-corrected chi connectivity index (χ0v) is 17.1. The molecule has 1 amide bonds. The third-order valence-corrected chi connectivity index (χ3v) is 5.44. The summed E-state index contributed by atoms with van der Waals surface area (Å²) in [7, 11) is 0. The van der Waals surface area contributed by atoms with Crippen molar-refractivity contribution in [3.8, 4) is 0 Å². The highest BCUT2D eigenvalue weighted by atomic mass is 19.1. The summed E-state index contributed by atoms with van der Waals surface area (Å²) < 4.78 is 18.7. The summed E-state index contributed by atoms with van der Waals surface area (Å²) >= 11 is 0. The Morgan fingerprint density at radius 2 is 2.00 bits per heavy atom. The molecule has 1 fully saturated rings. The molecular weight excluding hydrogens is 385 g/mol. The lowest BCUT2D eigenvalue weighted by atomic mass is 9.91. The largest absolute Gasteiger partial charge is 0.356 e. The zero-order valence-electron chi connectivity index (χ0n) is 17.1. The first-order valence-electron chi connectivity index (χ1n) is 10.4. The third-order valence-electron chi connectivity index (χ3n) is 5.44. The van der Waals surface area contributed by atoms with Gasteiger partial charge in [0.05, 0.1) is 24.5 Å². The molecule has 1 aliphatic heterocycles. The first-order valence-corrected chi connectivity index (χ1v) is 10.4. The number of anilines is 1. The minimum atomic E-state index is -0.327. The number of carbonyl (C=O) groups excluding carboxylic acids is 1. The molecule has 2 aromatic carbocycles. The molecule has 1 aromatic heterocycles. The highest BCUT2D eigenvalue weighted by molar-refractivity contribution is 5.92. The van der Waals surface area contributed by atoms with Crippen LogP contribution in [-0.2, 0) is 9.63 Å². The van der Waals surface area contributed by atoms with Gasteiger partial charge in [-0.1, -0.05) is 30.3 Å². The summed E-state index contributed by atoms with van der Waals surface area (Å²) in [4.78, 5) is 20.8. The number of hydrogen-bond acceptors (Lipinski definition) is 5. The van der Waals surface area contributed by atoms with E-state index in [-0.39, 0.29) is 17.6 Å². The van der Waals surface area contributed by atoms with Gasteiger partial charge >= 0.3 is 0 Å². The molecule has 7 heteroatoms. The maximum Gasteiger partial charge on any atom is 0.265 e. The molecule has 0 bridgehead atoms. The van der Waals surface area contributed by atoms with E-state index in [2.05, 4.69) is 10.1 Å². The standard InChI is InChI=1S/C23H26FN3O3/c1-2-14-29-27(19-6-4-3-5-7-19)22(28)16-26-12-10-17(11-13-26)23-20-9-8-18(24)15-21(20)30-25-23/h3-9,15,17H,2,10-14,16H2,1H3. The minimum absolute atomic E-state index is 0.0736. The van der Waals surface area contributed by atoms with E-state index in [0.717, 1.165) is 49.1 Å². The molecule has 1 saturated heterocycles. The van der Waals surface area contributed by atoms with Gasteiger partial charge in [0.2, 0.25) is 0 Å². The number of fused-ring (bicyclic) bond motifs is 1. The predicted octanol–water partition coefficient (Wildman–Crippen LogP) is 4.52. The van der Waals surface area contributed by atoms with Gasteiger partial charge in [-0.25, -0.2) is 4.39 Å². The van der Waals surface area contributed by atoms with Crippen LogP contribution in [0.5, 0.6) is 0 Å². The van der Waals surface area contributed by atoms with Gasteiger partial charge in [-0.05, 0) is 56.6 Å². The normalized spacial score (nSPS) is 15.5. The molecular formula is C23H26FN3O3. The van der Waals surface area contributed by atoms with Crippen LogP contribution in [-0.4, -0.2) is 42.2 Å². The van der Waals surface area contributed by atoms with Gasteiger partial charge in [0.15, 0.2) is 5.58 Å². The number of aromatic nitrogens is 1. The molecule has 0 saturated carbocycles. The van der Waals surface area contributed by atoms with Gasteiger partial charge in [0.1, 0.15) is 5.82 Å². The van der Waals surface area contributed by atoms with Crippen LogP contribution in [0.25, 0.3) is 11.0 Å². The molecule has 0 spiro atoms. The van der Waals surface area contributed by atoms with Gasteiger partial charge in [-0.3, -0.25) is 14.5 Å². The van der Waals surface area contributed by atoms with E-state index in [1.54, 1.807) is 6.07 Å². The SMILES string of the molecule is CCCON(C(=O)CN1CCC(c2noc3cc(F)ccc23)CC1)c1ccccc1. The summed E-state index contributed by atoms with van der Waals surface area (Å²) in [5.74, 6) is -0.160. The van der Waals surface area contributed by atoms with Crippen LogP contribution in [0.2, 0.25) is 0 Å². The molecule has 2 heterocycles. The highest BCUT2D eigenvalue weighted by Gasteiger charge is 2.27. The zero-order chi connectivity index (χ0) is 20.9. The molecule has 158 valence electrons. The number of rotatable bonds is 7. The van der Waals surface area contributed by atoms with Crippen molar-refractivity contribution in [1.82, 2.24) is 10.1 Å². The molecule has 1 aliphatic rings. The van der Waals surface area contributed by atoms with Crippen molar-refractivity contribution >= 4 is 22.6 Å². The van der Waals surface area contributed by atoms with Crippen LogP contribution in [0.1, 0.15) is 37.8 Å². The number of halogens is 1. The van der Waals surface area contributed by atoms with Crippen molar-refractivity contribution in [2.45, 2.75) is 32.1 Å². The van der Waals surface area contributed by atoms with Crippen molar-refractivity contribution in [2.24, 2.45) is 0 Å². The minimum Gasteiger partial charge on any atom is -0.356 e. The van der Waals surface area contributed by atoms with Crippen LogP contribution in [0.15, 0.2) is 53.1 Å². The fourth-order valence-corrected chi connectivity index (χ4v) is 3.88. The quantitative estimate of drug-likeness (QED) is 0.535. The molecule has 3 aromatic rings. The number of amides is 1. The monoisotopic (exact) mass is 411 g/mol. The second-order valence-corrected chi connectivity index (χ2v) is 7.62. The topological polar surface area (TPSA) is 58.8 Å². The van der Waals surface area contributed by atoms with Crippen molar-refractivity contribution in [2.75, 3.05) is 31.3 Å². The Labute approximate surface area is 175 Å².